The first kappa shape index (κ1) is 13.1. The normalized spacial score (nSPS) is 10.7. The third kappa shape index (κ3) is 3.31. The van der Waals surface area contributed by atoms with Gasteiger partial charge in [0, 0.05) is 5.56 Å². The molecule has 1 aromatic carbocycles. The van der Waals surface area contributed by atoms with Crippen LogP contribution in [-0.2, 0) is 0 Å². The van der Waals surface area contributed by atoms with Crippen LogP contribution in [0.3, 0.4) is 0 Å². The summed E-state index contributed by atoms with van der Waals surface area (Å²) in [5, 5.41) is 0. The van der Waals surface area contributed by atoms with Gasteiger partial charge in [-0.1, -0.05) is 12.1 Å². The van der Waals surface area contributed by atoms with Crippen molar-refractivity contribution in [3.05, 3.63) is 42.2 Å². The van der Waals surface area contributed by atoms with Crippen LogP contribution in [0.2, 0.25) is 0 Å². The molecule has 0 spiro atoms. The number of hydrogen-bond acceptors (Lipinski definition) is 3. The fraction of sp³-hybridized carbons (Fsp3) is 0.154. The standard InChI is InChI=1S/C13H11F2NO3/c14-12(15)7-18-9-3-1-2-8(6-9)10-4-5-11(19-10)13(16)17/h1-6,12H,7H2,(H2,16,17). The van der Waals surface area contributed by atoms with Gasteiger partial charge in [-0.15, -0.1) is 0 Å². The molecule has 0 unspecified atom stereocenters. The minimum Gasteiger partial charge on any atom is -0.488 e. The van der Waals surface area contributed by atoms with E-state index < -0.39 is 18.9 Å². The van der Waals surface area contributed by atoms with Crippen molar-refractivity contribution in [3.8, 4) is 17.1 Å². The molecule has 6 heteroatoms. The maximum absolute atomic E-state index is 12.0. The molecule has 0 atom stereocenters. The van der Waals surface area contributed by atoms with Crippen molar-refractivity contribution < 1.29 is 22.7 Å². The Labute approximate surface area is 107 Å². The molecule has 1 amide bonds. The van der Waals surface area contributed by atoms with Crippen molar-refractivity contribution in [2.45, 2.75) is 6.43 Å². The smallest absolute Gasteiger partial charge is 0.284 e. The average molecular weight is 267 g/mol. The minimum atomic E-state index is -2.53. The zero-order valence-corrected chi connectivity index (χ0v) is 9.81. The Morgan fingerprint density at radius 2 is 2.11 bits per heavy atom. The number of amides is 1. The van der Waals surface area contributed by atoms with Crippen LogP contribution in [-0.4, -0.2) is 18.9 Å². The Morgan fingerprint density at radius 3 is 2.74 bits per heavy atom. The third-order valence-corrected chi connectivity index (χ3v) is 2.34. The van der Waals surface area contributed by atoms with E-state index in [-0.39, 0.29) is 5.76 Å². The van der Waals surface area contributed by atoms with E-state index in [0.717, 1.165) is 0 Å². The molecule has 0 aliphatic rings. The summed E-state index contributed by atoms with van der Waals surface area (Å²) in [5.74, 6) is 0.0800. The molecular formula is C13H11F2NO3. The molecule has 19 heavy (non-hydrogen) atoms. The predicted molar refractivity (Wildman–Crippen MR) is 64.2 cm³/mol. The fourth-order valence-electron chi connectivity index (χ4n) is 1.52. The Hall–Kier alpha value is -2.37. The second-order valence-electron chi connectivity index (χ2n) is 3.76. The number of primary amides is 1. The van der Waals surface area contributed by atoms with E-state index in [0.29, 0.717) is 17.1 Å². The number of rotatable bonds is 5. The van der Waals surface area contributed by atoms with Crippen molar-refractivity contribution in [2.24, 2.45) is 5.73 Å². The topological polar surface area (TPSA) is 65.5 Å². The molecule has 0 aliphatic carbocycles. The summed E-state index contributed by atoms with van der Waals surface area (Å²) in [6.45, 7) is -0.672. The monoisotopic (exact) mass is 267 g/mol. The Bertz CT molecular complexity index is 581. The highest BCUT2D eigenvalue weighted by Crippen LogP contribution is 2.25. The lowest BCUT2D eigenvalue weighted by molar-refractivity contribution is 0.0819. The first-order chi connectivity index (χ1) is 9.06. The van der Waals surface area contributed by atoms with Crippen LogP contribution in [0, 0.1) is 0 Å². The molecule has 2 N–H and O–H groups in total. The molecule has 1 aromatic heterocycles. The van der Waals surface area contributed by atoms with Crippen molar-refractivity contribution >= 4 is 5.91 Å². The molecule has 0 bridgehead atoms. The van der Waals surface area contributed by atoms with Crippen LogP contribution in [0.15, 0.2) is 40.8 Å². The molecule has 0 fully saturated rings. The predicted octanol–water partition coefficient (Wildman–Crippen LogP) is 2.69. The lowest BCUT2D eigenvalue weighted by Crippen LogP contribution is -2.09. The maximum Gasteiger partial charge on any atom is 0.284 e. The van der Waals surface area contributed by atoms with Gasteiger partial charge < -0.3 is 14.9 Å². The minimum absolute atomic E-state index is 0.0360. The van der Waals surface area contributed by atoms with Crippen LogP contribution in [0.25, 0.3) is 11.3 Å². The van der Waals surface area contributed by atoms with Gasteiger partial charge in [-0.25, -0.2) is 8.78 Å². The van der Waals surface area contributed by atoms with E-state index in [1.54, 1.807) is 30.3 Å². The fourth-order valence-corrected chi connectivity index (χ4v) is 1.52. The van der Waals surface area contributed by atoms with Crippen LogP contribution in [0.1, 0.15) is 10.6 Å². The van der Waals surface area contributed by atoms with Crippen LogP contribution in [0.5, 0.6) is 5.75 Å². The quantitative estimate of drug-likeness (QED) is 0.905. The van der Waals surface area contributed by atoms with E-state index in [2.05, 4.69) is 0 Å². The van der Waals surface area contributed by atoms with Gasteiger partial charge in [0.1, 0.15) is 18.1 Å². The molecule has 4 nitrogen and oxygen atoms in total. The van der Waals surface area contributed by atoms with Crippen molar-refractivity contribution in [1.29, 1.82) is 0 Å². The average Bonchev–Trinajstić information content (AvgIpc) is 2.86. The van der Waals surface area contributed by atoms with Crippen molar-refractivity contribution in [3.63, 3.8) is 0 Å². The van der Waals surface area contributed by atoms with Crippen LogP contribution >= 0.6 is 0 Å². The second kappa shape index (κ2) is 5.51. The maximum atomic E-state index is 12.0. The molecule has 0 saturated heterocycles. The molecule has 0 saturated carbocycles. The molecular weight excluding hydrogens is 256 g/mol. The number of benzene rings is 1. The van der Waals surface area contributed by atoms with Crippen LogP contribution in [0.4, 0.5) is 8.78 Å². The van der Waals surface area contributed by atoms with Gasteiger partial charge in [-0.3, -0.25) is 4.79 Å². The SMILES string of the molecule is NC(=O)c1ccc(-c2cccc(OCC(F)F)c2)o1. The highest BCUT2D eigenvalue weighted by Gasteiger charge is 2.10. The summed E-state index contributed by atoms with van der Waals surface area (Å²) in [6.07, 6.45) is -2.53. The van der Waals surface area contributed by atoms with E-state index in [1.165, 1.54) is 6.07 Å². The van der Waals surface area contributed by atoms with Gasteiger partial charge in [-0.2, -0.15) is 0 Å². The second-order valence-corrected chi connectivity index (χ2v) is 3.76. The number of carbonyl (C=O) groups excluding carboxylic acids is 1. The van der Waals surface area contributed by atoms with E-state index >= 15 is 0 Å². The zero-order valence-electron chi connectivity index (χ0n) is 9.81. The highest BCUT2D eigenvalue weighted by molar-refractivity contribution is 5.90. The molecule has 100 valence electrons. The van der Waals surface area contributed by atoms with Gasteiger partial charge >= 0.3 is 0 Å². The van der Waals surface area contributed by atoms with E-state index in [1.807, 2.05) is 0 Å². The number of ether oxygens (including phenoxy) is 1. The van der Waals surface area contributed by atoms with E-state index in [9.17, 15) is 13.6 Å². The highest BCUT2D eigenvalue weighted by atomic mass is 19.3. The van der Waals surface area contributed by atoms with Crippen molar-refractivity contribution in [1.82, 2.24) is 0 Å². The Morgan fingerprint density at radius 1 is 1.32 bits per heavy atom. The van der Waals surface area contributed by atoms with Gasteiger partial charge in [-0.05, 0) is 24.3 Å². The Kier molecular flexibility index (Phi) is 3.79. The summed E-state index contributed by atoms with van der Waals surface area (Å²) in [6, 6.07) is 9.48. The zero-order chi connectivity index (χ0) is 13.8. The van der Waals surface area contributed by atoms with Crippen LogP contribution < -0.4 is 10.5 Å². The largest absolute Gasteiger partial charge is 0.488 e. The van der Waals surface area contributed by atoms with Gasteiger partial charge in [0.15, 0.2) is 5.76 Å². The molecule has 0 aliphatic heterocycles. The number of hydrogen-bond donors (Lipinski definition) is 1. The molecule has 2 rings (SSSR count). The first-order valence-electron chi connectivity index (χ1n) is 5.47. The number of carbonyl (C=O) groups is 1. The lowest BCUT2D eigenvalue weighted by atomic mass is 10.1. The molecule has 2 aromatic rings. The molecule has 1 heterocycles. The van der Waals surface area contributed by atoms with Crippen molar-refractivity contribution in [2.75, 3.05) is 6.61 Å². The summed E-state index contributed by atoms with van der Waals surface area (Å²) in [5.41, 5.74) is 5.69. The van der Waals surface area contributed by atoms with E-state index in [4.69, 9.17) is 14.9 Å². The third-order valence-electron chi connectivity index (χ3n) is 2.34. The lowest BCUT2D eigenvalue weighted by Gasteiger charge is -2.06. The number of alkyl halides is 2. The molecule has 0 radical (unpaired) electrons. The summed E-state index contributed by atoms with van der Waals surface area (Å²) < 4.78 is 34.2. The summed E-state index contributed by atoms with van der Waals surface area (Å²) >= 11 is 0. The summed E-state index contributed by atoms with van der Waals surface area (Å²) in [4.78, 5) is 10.9. The number of nitrogens with two attached hydrogens (primary N) is 1. The number of halogens is 2. The van der Waals surface area contributed by atoms with Gasteiger partial charge in [0.05, 0.1) is 0 Å². The number of furan rings is 1. The Balaban J connectivity index is 2.19. The van der Waals surface area contributed by atoms with Gasteiger partial charge in [0.2, 0.25) is 0 Å². The summed E-state index contributed by atoms with van der Waals surface area (Å²) in [7, 11) is 0. The first-order valence-corrected chi connectivity index (χ1v) is 5.47. The van der Waals surface area contributed by atoms with Gasteiger partial charge in [0.25, 0.3) is 12.3 Å².